The number of methoxy groups -OCH3 is 1. The number of likely N-dealkylation sites (tertiary alicyclic amines) is 1. The van der Waals surface area contributed by atoms with Gasteiger partial charge in [-0.25, -0.2) is 4.98 Å². The van der Waals surface area contributed by atoms with E-state index in [0.29, 0.717) is 6.61 Å². The number of hydrogen-bond donors (Lipinski definition) is 1. The SMILES string of the molecule is COc1ccc(OCCc2sc(C3(O)CCCN(C4CCCC4)CC3)nc2C)cc1. The molecule has 1 atom stereocenters. The molecule has 1 N–H and O–H groups in total. The number of aromatic nitrogens is 1. The number of ether oxygens (including phenoxy) is 2. The van der Waals surface area contributed by atoms with Crippen LogP contribution in [0.15, 0.2) is 24.3 Å². The number of aryl methyl sites for hydroxylation is 1. The summed E-state index contributed by atoms with van der Waals surface area (Å²) in [5, 5.41) is 12.3. The lowest BCUT2D eigenvalue weighted by Gasteiger charge is -2.28. The molecule has 2 heterocycles. The van der Waals surface area contributed by atoms with Gasteiger partial charge in [0.25, 0.3) is 0 Å². The fraction of sp³-hybridized carbons (Fsp3) is 0.625. The van der Waals surface area contributed by atoms with Gasteiger partial charge in [0.15, 0.2) is 0 Å². The highest BCUT2D eigenvalue weighted by Crippen LogP contribution is 2.38. The summed E-state index contributed by atoms with van der Waals surface area (Å²) in [7, 11) is 1.66. The highest BCUT2D eigenvalue weighted by atomic mass is 32.1. The number of benzene rings is 1. The zero-order valence-electron chi connectivity index (χ0n) is 18.2. The first-order valence-electron chi connectivity index (χ1n) is 11.3. The third-order valence-corrected chi connectivity index (χ3v) is 8.05. The quantitative estimate of drug-likeness (QED) is 0.690. The van der Waals surface area contributed by atoms with E-state index in [0.717, 1.165) is 67.0 Å². The molecule has 1 aromatic carbocycles. The van der Waals surface area contributed by atoms with Gasteiger partial charge in [0.05, 0.1) is 19.4 Å². The molecule has 0 spiro atoms. The Labute approximate surface area is 184 Å². The zero-order chi connectivity index (χ0) is 21.0. The van der Waals surface area contributed by atoms with Gasteiger partial charge < -0.3 is 19.5 Å². The molecule has 2 aromatic rings. The molecular formula is C24H34N2O3S. The summed E-state index contributed by atoms with van der Waals surface area (Å²) in [6.07, 6.45) is 8.82. The highest BCUT2D eigenvalue weighted by Gasteiger charge is 2.37. The standard InChI is InChI=1S/C24H34N2O3S/c1-18-22(12-17-29-21-10-8-20(28-2)9-11-21)30-23(25-18)24(27)13-5-15-26(16-14-24)19-6-3-4-7-19/h8-11,19,27H,3-7,12-17H2,1-2H3. The Bertz CT molecular complexity index is 816. The Morgan fingerprint density at radius 2 is 1.83 bits per heavy atom. The molecule has 1 aromatic heterocycles. The van der Waals surface area contributed by atoms with E-state index in [1.54, 1.807) is 18.4 Å². The summed E-state index contributed by atoms with van der Waals surface area (Å²) >= 11 is 1.67. The van der Waals surface area contributed by atoms with E-state index in [1.165, 1.54) is 30.6 Å². The molecule has 6 heteroatoms. The molecule has 30 heavy (non-hydrogen) atoms. The molecule has 1 aliphatic carbocycles. The van der Waals surface area contributed by atoms with Crippen LogP contribution in [-0.2, 0) is 12.0 Å². The molecular weight excluding hydrogens is 396 g/mol. The molecule has 5 nitrogen and oxygen atoms in total. The van der Waals surface area contributed by atoms with Crippen LogP contribution in [0.5, 0.6) is 11.5 Å². The first kappa shape index (κ1) is 21.6. The van der Waals surface area contributed by atoms with Crippen LogP contribution in [0.1, 0.15) is 60.5 Å². The van der Waals surface area contributed by atoms with Gasteiger partial charge in [-0.1, -0.05) is 12.8 Å². The fourth-order valence-corrected chi connectivity index (χ4v) is 5.97. The van der Waals surface area contributed by atoms with Crippen molar-refractivity contribution in [2.75, 3.05) is 26.8 Å². The maximum Gasteiger partial charge on any atom is 0.125 e. The second-order valence-electron chi connectivity index (χ2n) is 8.66. The van der Waals surface area contributed by atoms with E-state index in [-0.39, 0.29) is 0 Å². The summed E-state index contributed by atoms with van der Waals surface area (Å²) in [4.78, 5) is 8.63. The van der Waals surface area contributed by atoms with Crippen LogP contribution in [0.2, 0.25) is 0 Å². The van der Waals surface area contributed by atoms with E-state index in [4.69, 9.17) is 14.5 Å². The highest BCUT2D eigenvalue weighted by molar-refractivity contribution is 7.11. The molecule has 164 valence electrons. The van der Waals surface area contributed by atoms with Gasteiger partial charge in [0.1, 0.15) is 22.1 Å². The fourth-order valence-electron chi connectivity index (χ4n) is 4.78. The van der Waals surface area contributed by atoms with Crippen molar-refractivity contribution < 1.29 is 14.6 Å². The van der Waals surface area contributed by atoms with Crippen LogP contribution in [-0.4, -0.2) is 47.8 Å². The molecule has 2 aliphatic rings. The average Bonchev–Trinajstić information content (AvgIpc) is 3.37. The summed E-state index contributed by atoms with van der Waals surface area (Å²) in [5.74, 6) is 1.67. The summed E-state index contributed by atoms with van der Waals surface area (Å²) < 4.78 is 11.1. The van der Waals surface area contributed by atoms with E-state index in [1.807, 2.05) is 31.2 Å². The van der Waals surface area contributed by atoms with E-state index in [9.17, 15) is 5.11 Å². The van der Waals surface area contributed by atoms with Crippen LogP contribution >= 0.6 is 11.3 Å². The van der Waals surface area contributed by atoms with Crippen molar-refractivity contribution in [2.45, 2.75) is 69.9 Å². The minimum Gasteiger partial charge on any atom is -0.497 e. The Morgan fingerprint density at radius 3 is 2.57 bits per heavy atom. The number of nitrogens with zero attached hydrogens (tertiary/aromatic N) is 2. The predicted molar refractivity (Wildman–Crippen MR) is 121 cm³/mol. The first-order valence-corrected chi connectivity index (χ1v) is 12.1. The lowest BCUT2D eigenvalue weighted by molar-refractivity contribution is 0.0196. The number of rotatable bonds is 7. The van der Waals surface area contributed by atoms with Crippen molar-refractivity contribution in [3.63, 3.8) is 0 Å². The number of aliphatic hydroxyl groups is 1. The molecule has 0 bridgehead atoms. The Kier molecular flexibility index (Phi) is 6.96. The topological polar surface area (TPSA) is 54.8 Å². The smallest absolute Gasteiger partial charge is 0.125 e. The van der Waals surface area contributed by atoms with Gasteiger partial charge in [-0.2, -0.15) is 0 Å². The first-order chi connectivity index (χ1) is 14.6. The molecule has 1 aliphatic heterocycles. The van der Waals surface area contributed by atoms with Crippen LogP contribution in [0.25, 0.3) is 0 Å². The van der Waals surface area contributed by atoms with Crippen molar-refractivity contribution in [1.82, 2.24) is 9.88 Å². The van der Waals surface area contributed by atoms with Gasteiger partial charge in [0.2, 0.25) is 0 Å². The summed E-state index contributed by atoms with van der Waals surface area (Å²) in [6, 6.07) is 8.39. The number of hydrogen-bond acceptors (Lipinski definition) is 6. The molecule has 1 unspecified atom stereocenters. The molecule has 1 saturated heterocycles. The minimum atomic E-state index is -0.780. The predicted octanol–water partition coefficient (Wildman–Crippen LogP) is 4.70. The lowest BCUT2D eigenvalue weighted by Crippen LogP contribution is -2.35. The molecule has 0 radical (unpaired) electrons. The number of thiazole rings is 1. The van der Waals surface area contributed by atoms with Gasteiger partial charge in [-0.05, 0) is 69.8 Å². The average molecular weight is 431 g/mol. The van der Waals surface area contributed by atoms with E-state index >= 15 is 0 Å². The Hall–Kier alpha value is -1.63. The second kappa shape index (κ2) is 9.67. The van der Waals surface area contributed by atoms with Crippen LogP contribution in [0.4, 0.5) is 0 Å². The Balaban J connectivity index is 1.35. The van der Waals surface area contributed by atoms with Crippen molar-refractivity contribution in [2.24, 2.45) is 0 Å². The van der Waals surface area contributed by atoms with E-state index < -0.39 is 5.60 Å². The molecule has 4 rings (SSSR count). The van der Waals surface area contributed by atoms with Crippen molar-refractivity contribution in [3.8, 4) is 11.5 Å². The maximum absolute atomic E-state index is 11.5. The van der Waals surface area contributed by atoms with Crippen molar-refractivity contribution >= 4 is 11.3 Å². The Morgan fingerprint density at radius 1 is 1.10 bits per heavy atom. The van der Waals surface area contributed by atoms with Crippen LogP contribution in [0, 0.1) is 6.92 Å². The normalized spacial score (nSPS) is 23.4. The van der Waals surface area contributed by atoms with Gasteiger partial charge in [-0.15, -0.1) is 11.3 Å². The third kappa shape index (κ3) is 4.98. The van der Waals surface area contributed by atoms with Crippen LogP contribution < -0.4 is 9.47 Å². The minimum absolute atomic E-state index is 0.600. The maximum atomic E-state index is 11.5. The van der Waals surface area contributed by atoms with Gasteiger partial charge in [0, 0.05) is 23.9 Å². The monoisotopic (exact) mass is 430 g/mol. The molecule has 0 amide bonds. The largest absolute Gasteiger partial charge is 0.497 e. The van der Waals surface area contributed by atoms with Crippen molar-refractivity contribution in [3.05, 3.63) is 39.8 Å². The third-order valence-electron chi connectivity index (χ3n) is 6.64. The van der Waals surface area contributed by atoms with E-state index in [2.05, 4.69) is 4.90 Å². The van der Waals surface area contributed by atoms with Gasteiger partial charge in [-0.3, -0.25) is 0 Å². The molecule has 1 saturated carbocycles. The summed E-state index contributed by atoms with van der Waals surface area (Å²) in [5.41, 5.74) is 0.247. The van der Waals surface area contributed by atoms with Gasteiger partial charge >= 0.3 is 0 Å². The zero-order valence-corrected chi connectivity index (χ0v) is 19.0. The summed E-state index contributed by atoms with van der Waals surface area (Å²) in [6.45, 7) is 4.74. The van der Waals surface area contributed by atoms with Crippen LogP contribution in [0.3, 0.4) is 0 Å². The lowest BCUT2D eigenvalue weighted by atomic mass is 9.96. The molecule has 2 fully saturated rings. The van der Waals surface area contributed by atoms with Crippen molar-refractivity contribution in [1.29, 1.82) is 0 Å². The second-order valence-corrected chi connectivity index (χ2v) is 9.74.